The number of nitrogens with zero attached hydrogens (tertiary/aromatic N) is 1. The first kappa shape index (κ1) is 7.94. The smallest absolute Gasteiger partial charge is 0.0988 e. The van der Waals surface area contributed by atoms with Gasteiger partial charge in [0, 0.05) is 6.54 Å². The van der Waals surface area contributed by atoms with Gasteiger partial charge in [0.05, 0.1) is 24.9 Å². The van der Waals surface area contributed by atoms with Crippen molar-refractivity contribution >= 4 is 0 Å². The molecule has 4 heteroatoms. The van der Waals surface area contributed by atoms with Crippen LogP contribution < -0.4 is 0 Å². The Bertz CT molecular complexity index is 120. The Morgan fingerprint density at radius 2 is 2.10 bits per heavy atom. The van der Waals surface area contributed by atoms with Crippen LogP contribution in [0.3, 0.4) is 0 Å². The minimum absolute atomic E-state index is 0.102. The lowest BCUT2D eigenvalue weighted by Crippen LogP contribution is -2.36. The van der Waals surface area contributed by atoms with E-state index in [1.165, 1.54) is 0 Å². The number of hydrogen-bond acceptors (Lipinski definition) is 4. The Morgan fingerprint density at radius 3 is 2.30 bits per heavy atom. The van der Waals surface area contributed by atoms with Gasteiger partial charge in [-0.3, -0.25) is 4.90 Å². The molecule has 3 atom stereocenters. The molecule has 1 heterocycles. The van der Waals surface area contributed by atoms with Gasteiger partial charge in [-0.05, 0) is 7.05 Å². The van der Waals surface area contributed by atoms with Crippen LogP contribution in [0.5, 0.6) is 0 Å². The first-order valence-electron chi connectivity index (χ1n) is 3.34. The topological polar surface area (TPSA) is 63.9 Å². The van der Waals surface area contributed by atoms with Crippen LogP contribution in [0.1, 0.15) is 0 Å². The molecule has 0 aromatic heterocycles. The van der Waals surface area contributed by atoms with Crippen molar-refractivity contribution in [2.24, 2.45) is 0 Å². The van der Waals surface area contributed by atoms with E-state index in [2.05, 4.69) is 0 Å². The summed E-state index contributed by atoms with van der Waals surface area (Å²) in [6.45, 7) is 0.334. The average molecular weight is 147 g/mol. The number of likely N-dealkylation sites (tertiary alicyclic amines) is 1. The standard InChI is InChI=1S/C6H13NO3/c1-7-2-5(9)6(10)4(7)3-8/h4-6,8-10H,2-3H2,1H3/t4-,5-,6-/m0/s1. The van der Waals surface area contributed by atoms with E-state index >= 15 is 0 Å². The molecule has 3 N–H and O–H groups in total. The van der Waals surface area contributed by atoms with Crippen LogP contribution >= 0.6 is 0 Å². The van der Waals surface area contributed by atoms with Gasteiger partial charge >= 0.3 is 0 Å². The largest absolute Gasteiger partial charge is 0.395 e. The molecule has 0 saturated carbocycles. The number of likely N-dealkylation sites (N-methyl/N-ethyl adjacent to an activating group) is 1. The van der Waals surface area contributed by atoms with E-state index < -0.39 is 12.2 Å². The van der Waals surface area contributed by atoms with E-state index in [4.69, 9.17) is 10.2 Å². The van der Waals surface area contributed by atoms with E-state index in [1.54, 1.807) is 11.9 Å². The van der Waals surface area contributed by atoms with E-state index in [0.717, 1.165) is 0 Å². The first-order chi connectivity index (χ1) is 4.66. The van der Waals surface area contributed by atoms with E-state index in [9.17, 15) is 5.11 Å². The van der Waals surface area contributed by atoms with Gasteiger partial charge in [-0.2, -0.15) is 0 Å². The molecule has 0 spiro atoms. The zero-order valence-corrected chi connectivity index (χ0v) is 5.94. The molecule has 0 bridgehead atoms. The number of aliphatic hydroxyl groups excluding tert-OH is 3. The predicted molar refractivity (Wildman–Crippen MR) is 35.5 cm³/mol. The molecule has 0 aliphatic carbocycles. The fourth-order valence-electron chi connectivity index (χ4n) is 1.30. The number of rotatable bonds is 1. The molecule has 0 radical (unpaired) electrons. The Kier molecular flexibility index (Phi) is 2.25. The Morgan fingerprint density at radius 1 is 1.50 bits per heavy atom. The van der Waals surface area contributed by atoms with Crippen LogP contribution in [0.15, 0.2) is 0 Å². The van der Waals surface area contributed by atoms with Crippen molar-refractivity contribution in [2.45, 2.75) is 18.2 Å². The number of β-amino-alcohol motifs (C(OH)–C–C–N with tert-alkyl or cyclic N) is 1. The van der Waals surface area contributed by atoms with Crippen LogP contribution in [-0.2, 0) is 0 Å². The molecule has 10 heavy (non-hydrogen) atoms. The van der Waals surface area contributed by atoms with Crippen molar-refractivity contribution in [2.75, 3.05) is 20.2 Å². The number of aliphatic hydroxyl groups is 3. The molecular formula is C6H13NO3. The summed E-state index contributed by atoms with van der Waals surface area (Å²) in [4.78, 5) is 1.75. The van der Waals surface area contributed by atoms with Crippen molar-refractivity contribution in [1.82, 2.24) is 4.90 Å². The highest BCUT2D eigenvalue weighted by Gasteiger charge is 2.36. The summed E-state index contributed by atoms with van der Waals surface area (Å²) in [7, 11) is 1.76. The van der Waals surface area contributed by atoms with Crippen LogP contribution in [0, 0.1) is 0 Å². The Balaban J connectivity index is 2.55. The third-order valence-corrected chi connectivity index (χ3v) is 2.02. The second-order valence-electron chi connectivity index (χ2n) is 2.75. The molecule has 1 saturated heterocycles. The van der Waals surface area contributed by atoms with Crippen molar-refractivity contribution in [3.8, 4) is 0 Å². The zero-order chi connectivity index (χ0) is 7.72. The average Bonchev–Trinajstić information content (AvgIpc) is 2.09. The third kappa shape index (κ3) is 1.15. The van der Waals surface area contributed by atoms with Crippen molar-refractivity contribution in [1.29, 1.82) is 0 Å². The second kappa shape index (κ2) is 2.84. The fourth-order valence-corrected chi connectivity index (χ4v) is 1.30. The van der Waals surface area contributed by atoms with E-state index in [0.29, 0.717) is 6.54 Å². The summed E-state index contributed by atoms with van der Waals surface area (Å²) in [5, 5.41) is 27.0. The summed E-state index contributed by atoms with van der Waals surface area (Å²) in [6.07, 6.45) is -1.50. The van der Waals surface area contributed by atoms with Crippen LogP contribution in [0.2, 0.25) is 0 Å². The molecule has 4 nitrogen and oxygen atoms in total. The molecular weight excluding hydrogens is 134 g/mol. The molecule has 0 aromatic rings. The van der Waals surface area contributed by atoms with Gasteiger partial charge in [0.25, 0.3) is 0 Å². The highest BCUT2D eigenvalue weighted by Crippen LogP contribution is 2.15. The van der Waals surface area contributed by atoms with Crippen LogP contribution in [-0.4, -0.2) is 58.7 Å². The van der Waals surface area contributed by atoms with Crippen molar-refractivity contribution in [3.05, 3.63) is 0 Å². The summed E-state index contributed by atoms with van der Waals surface area (Å²) in [5.41, 5.74) is 0. The highest BCUT2D eigenvalue weighted by molar-refractivity contribution is 4.90. The highest BCUT2D eigenvalue weighted by atomic mass is 16.3. The van der Waals surface area contributed by atoms with E-state index in [-0.39, 0.29) is 12.6 Å². The lowest BCUT2D eigenvalue weighted by molar-refractivity contribution is 0.0237. The maximum Gasteiger partial charge on any atom is 0.0988 e. The summed E-state index contributed by atoms with van der Waals surface area (Å²) < 4.78 is 0. The Labute approximate surface area is 59.7 Å². The molecule has 0 amide bonds. The van der Waals surface area contributed by atoms with Gasteiger partial charge < -0.3 is 15.3 Å². The van der Waals surface area contributed by atoms with Gasteiger partial charge in [0.1, 0.15) is 0 Å². The van der Waals surface area contributed by atoms with Crippen LogP contribution in [0.4, 0.5) is 0 Å². The second-order valence-corrected chi connectivity index (χ2v) is 2.75. The predicted octanol–water partition coefficient (Wildman–Crippen LogP) is -1.99. The summed E-state index contributed by atoms with van der Waals surface area (Å²) in [6, 6.07) is -0.296. The zero-order valence-electron chi connectivity index (χ0n) is 5.94. The molecule has 60 valence electrons. The number of hydrogen-bond donors (Lipinski definition) is 3. The fraction of sp³-hybridized carbons (Fsp3) is 1.00. The Hall–Kier alpha value is -0.160. The van der Waals surface area contributed by atoms with Gasteiger partial charge in [0.15, 0.2) is 0 Å². The third-order valence-electron chi connectivity index (χ3n) is 2.02. The van der Waals surface area contributed by atoms with E-state index in [1.807, 2.05) is 0 Å². The maximum absolute atomic E-state index is 9.18. The monoisotopic (exact) mass is 147 g/mol. The van der Waals surface area contributed by atoms with Gasteiger partial charge in [-0.15, -0.1) is 0 Å². The normalized spacial score (nSPS) is 42.6. The molecule has 1 aliphatic heterocycles. The van der Waals surface area contributed by atoms with Gasteiger partial charge in [-0.1, -0.05) is 0 Å². The minimum Gasteiger partial charge on any atom is -0.395 e. The SMILES string of the molecule is CN1C[C@H](O)[C@@H](O)[C@@H]1CO. The molecule has 0 unspecified atom stereocenters. The van der Waals surface area contributed by atoms with Crippen molar-refractivity contribution in [3.63, 3.8) is 0 Å². The lowest BCUT2D eigenvalue weighted by Gasteiger charge is -2.18. The van der Waals surface area contributed by atoms with Gasteiger partial charge in [-0.25, -0.2) is 0 Å². The quantitative estimate of drug-likeness (QED) is 0.402. The van der Waals surface area contributed by atoms with Crippen molar-refractivity contribution < 1.29 is 15.3 Å². The lowest BCUT2D eigenvalue weighted by atomic mass is 10.1. The maximum atomic E-state index is 9.18. The molecule has 1 fully saturated rings. The molecule has 1 aliphatic rings. The molecule has 1 rings (SSSR count). The summed E-state index contributed by atoms with van der Waals surface area (Å²) in [5.74, 6) is 0. The van der Waals surface area contributed by atoms with Gasteiger partial charge in [0.2, 0.25) is 0 Å². The summed E-state index contributed by atoms with van der Waals surface area (Å²) >= 11 is 0. The van der Waals surface area contributed by atoms with Crippen LogP contribution in [0.25, 0.3) is 0 Å². The molecule has 0 aromatic carbocycles. The first-order valence-corrected chi connectivity index (χ1v) is 3.34. The minimum atomic E-state index is -0.796.